The Balaban J connectivity index is 1.59. The number of hydrogen-bond acceptors (Lipinski definition) is 5. The highest BCUT2D eigenvalue weighted by Crippen LogP contribution is 2.17. The van der Waals surface area contributed by atoms with Crippen LogP contribution >= 0.6 is 0 Å². The van der Waals surface area contributed by atoms with Crippen LogP contribution in [0.5, 0.6) is 11.5 Å². The maximum atomic E-state index is 13.7. The lowest BCUT2D eigenvalue weighted by Crippen LogP contribution is -2.39. The summed E-state index contributed by atoms with van der Waals surface area (Å²) in [6.45, 7) is 3.24. The number of rotatable bonds is 9. The fraction of sp³-hybridized carbons (Fsp3) is 0.318. The lowest BCUT2D eigenvalue weighted by atomic mass is 10.2. The molecule has 0 aliphatic rings. The molecular weight excluding hydrogens is 418 g/mol. The van der Waals surface area contributed by atoms with E-state index >= 15 is 0 Å². The largest absolute Gasteiger partial charge is 0.497 e. The first-order valence-corrected chi connectivity index (χ1v) is 10.0. The first-order valence-electron chi connectivity index (χ1n) is 10.0. The first-order chi connectivity index (χ1) is 15.5. The molecule has 10 heteroatoms. The molecule has 0 radical (unpaired) electrons. The number of halogens is 2. The fourth-order valence-corrected chi connectivity index (χ4v) is 2.77. The number of ether oxygens (including phenoxy) is 2. The molecule has 2 aromatic carbocycles. The van der Waals surface area contributed by atoms with Crippen molar-refractivity contribution in [1.29, 1.82) is 0 Å². The van der Waals surface area contributed by atoms with E-state index in [9.17, 15) is 8.78 Å². The van der Waals surface area contributed by atoms with Gasteiger partial charge in [0.15, 0.2) is 23.4 Å². The third-order valence-corrected chi connectivity index (χ3v) is 4.72. The van der Waals surface area contributed by atoms with Gasteiger partial charge in [0, 0.05) is 13.1 Å². The monoisotopic (exact) mass is 444 g/mol. The zero-order valence-corrected chi connectivity index (χ0v) is 18.2. The van der Waals surface area contributed by atoms with Crippen molar-refractivity contribution >= 4 is 5.96 Å². The molecule has 0 fully saturated rings. The lowest BCUT2D eigenvalue weighted by molar-refractivity contribution is 0.304. The van der Waals surface area contributed by atoms with Crippen molar-refractivity contribution in [3.63, 3.8) is 0 Å². The van der Waals surface area contributed by atoms with Crippen LogP contribution < -0.4 is 20.1 Å². The maximum absolute atomic E-state index is 13.7. The van der Waals surface area contributed by atoms with Gasteiger partial charge < -0.3 is 24.7 Å². The summed E-state index contributed by atoms with van der Waals surface area (Å²) in [5.41, 5.74) is 1.01. The molecule has 0 aliphatic carbocycles. The SMILES string of the molecule is COc1ccc(CN=C(NCCOc2ccc(F)cc2F)NCc2nnc(C)n2C)cc1. The minimum atomic E-state index is -0.742. The second-order valence-corrected chi connectivity index (χ2v) is 6.94. The highest BCUT2D eigenvalue weighted by molar-refractivity contribution is 5.79. The van der Waals surface area contributed by atoms with Gasteiger partial charge in [0.1, 0.15) is 24.0 Å². The van der Waals surface area contributed by atoms with Gasteiger partial charge >= 0.3 is 0 Å². The molecule has 1 aromatic heterocycles. The first kappa shape index (κ1) is 23.0. The molecule has 0 unspecified atom stereocenters. The Morgan fingerprint density at radius 2 is 1.88 bits per heavy atom. The van der Waals surface area contributed by atoms with Crippen molar-refractivity contribution in [2.75, 3.05) is 20.3 Å². The molecular formula is C22H26F2N6O2. The molecule has 3 rings (SSSR count). The zero-order valence-electron chi connectivity index (χ0n) is 18.2. The Kier molecular flexibility index (Phi) is 7.96. The van der Waals surface area contributed by atoms with Crippen LogP contribution in [0.25, 0.3) is 0 Å². The average molecular weight is 444 g/mol. The summed E-state index contributed by atoms with van der Waals surface area (Å²) in [5.74, 6) is 1.47. The number of nitrogens with one attached hydrogen (secondary N) is 2. The van der Waals surface area contributed by atoms with Crippen molar-refractivity contribution in [3.8, 4) is 11.5 Å². The van der Waals surface area contributed by atoms with Crippen LogP contribution in [-0.4, -0.2) is 41.0 Å². The number of aliphatic imine (C=N–C) groups is 1. The van der Waals surface area contributed by atoms with E-state index in [0.717, 1.165) is 35.1 Å². The Morgan fingerprint density at radius 1 is 1.09 bits per heavy atom. The van der Waals surface area contributed by atoms with Crippen LogP contribution in [0.2, 0.25) is 0 Å². The van der Waals surface area contributed by atoms with E-state index in [-0.39, 0.29) is 12.4 Å². The van der Waals surface area contributed by atoms with Crippen LogP contribution in [0.1, 0.15) is 17.2 Å². The predicted molar refractivity (Wildman–Crippen MR) is 117 cm³/mol. The normalized spacial score (nSPS) is 11.3. The Labute approximate surface area is 185 Å². The molecule has 0 spiro atoms. The van der Waals surface area contributed by atoms with Gasteiger partial charge in [-0.15, -0.1) is 10.2 Å². The number of guanidine groups is 1. The third kappa shape index (κ3) is 6.40. The van der Waals surface area contributed by atoms with Crippen molar-refractivity contribution < 1.29 is 18.3 Å². The molecule has 0 atom stereocenters. The Bertz CT molecular complexity index is 1050. The lowest BCUT2D eigenvalue weighted by Gasteiger charge is -2.13. The van der Waals surface area contributed by atoms with Crippen LogP contribution in [0, 0.1) is 18.6 Å². The summed E-state index contributed by atoms with van der Waals surface area (Å²) < 4.78 is 39.2. The molecule has 8 nitrogen and oxygen atoms in total. The molecule has 32 heavy (non-hydrogen) atoms. The highest BCUT2D eigenvalue weighted by atomic mass is 19.1. The average Bonchev–Trinajstić information content (AvgIpc) is 3.11. The maximum Gasteiger partial charge on any atom is 0.192 e. The quantitative estimate of drug-likeness (QED) is 0.300. The number of aromatic nitrogens is 3. The van der Waals surface area contributed by atoms with Crippen molar-refractivity contribution in [2.24, 2.45) is 12.0 Å². The number of aryl methyl sites for hydroxylation is 1. The van der Waals surface area contributed by atoms with E-state index in [4.69, 9.17) is 9.47 Å². The molecule has 170 valence electrons. The van der Waals surface area contributed by atoms with Crippen molar-refractivity contribution in [2.45, 2.75) is 20.0 Å². The van der Waals surface area contributed by atoms with Crippen LogP contribution in [0.4, 0.5) is 8.78 Å². The molecule has 1 heterocycles. The van der Waals surface area contributed by atoms with Gasteiger partial charge in [-0.05, 0) is 36.8 Å². The van der Waals surface area contributed by atoms with Gasteiger partial charge in [-0.1, -0.05) is 12.1 Å². The van der Waals surface area contributed by atoms with Gasteiger partial charge in [-0.3, -0.25) is 0 Å². The van der Waals surface area contributed by atoms with Crippen LogP contribution in [-0.2, 0) is 20.1 Å². The molecule has 2 N–H and O–H groups in total. The standard InChI is InChI=1S/C22H26F2N6O2/c1-15-28-29-21(30(15)2)14-27-22(26-13-16-4-7-18(31-3)8-5-16)25-10-11-32-20-9-6-17(23)12-19(20)24/h4-9,12H,10-11,13-14H2,1-3H3,(H2,25,26,27). The van der Waals surface area contributed by atoms with Gasteiger partial charge in [-0.25, -0.2) is 13.8 Å². The number of benzene rings is 2. The van der Waals surface area contributed by atoms with E-state index in [1.807, 2.05) is 42.8 Å². The highest BCUT2D eigenvalue weighted by Gasteiger charge is 2.08. The summed E-state index contributed by atoms with van der Waals surface area (Å²) in [5, 5.41) is 14.5. The molecule has 3 aromatic rings. The summed E-state index contributed by atoms with van der Waals surface area (Å²) in [6.07, 6.45) is 0. The number of hydrogen-bond donors (Lipinski definition) is 2. The fourth-order valence-electron chi connectivity index (χ4n) is 2.77. The minimum Gasteiger partial charge on any atom is -0.497 e. The summed E-state index contributed by atoms with van der Waals surface area (Å²) in [4.78, 5) is 4.59. The summed E-state index contributed by atoms with van der Waals surface area (Å²) in [7, 11) is 3.51. The Morgan fingerprint density at radius 3 is 2.53 bits per heavy atom. The second-order valence-electron chi connectivity index (χ2n) is 6.94. The van der Waals surface area contributed by atoms with Gasteiger partial charge in [0.05, 0.1) is 26.7 Å². The van der Waals surface area contributed by atoms with E-state index in [2.05, 4.69) is 25.8 Å². The van der Waals surface area contributed by atoms with Gasteiger partial charge in [0.25, 0.3) is 0 Å². The molecule has 0 amide bonds. The summed E-state index contributed by atoms with van der Waals surface area (Å²) in [6, 6.07) is 10.8. The van der Waals surface area contributed by atoms with Crippen molar-refractivity contribution in [3.05, 3.63) is 71.3 Å². The molecule has 0 aliphatic heterocycles. The zero-order chi connectivity index (χ0) is 22.9. The van der Waals surface area contributed by atoms with E-state index < -0.39 is 11.6 Å². The Hall–Kier alpha value is -3.69. The number of nitrogens with zero attached hydrogens (tertiary/aromatic N) is 4. The predicted octanol–water partition coefficient (Wildman–Crippen LogP) is 2.72. The van der Waals surface area contributed by atoms with Crippen LogP contribution in [0.3, 0.4) is 0 Å². The third-order valence-electron chi connectivity index (χ3n) is 4.72. The number of methoxy groups -OCH3 is 1. The minimum absolute atomic E-state index is 0.00700. The van der Waals surface area contributed by atoms with Gasteiger partial charge in [-0.2, -0.15) is 0 Å². The molecule has 0 bridgehead atoms. The van der Waals surface area contributed by atoms with E-state index in [1.165, 1.54) is 6.07 Å². The smallest absolute Gasteiger partial charge is 0.192 e. The molecule has 0 saturated carbocycles. The van der Waals surface area contributed by atoms with E-state index in [1.54, 1.807) is 7.11 Å². The molecule has 0 saturated heterocycles. The van der Waals surface area contributed by atoms with Gasteiger partial charge in [0.2, 0.25) is 0 Å². The van der Waals surface area contributed by atoms with Crippen molar-refractivity contribution in [1.82, 2.24) is 25.4 Å². The van der Waals surface area contributed by atoms with Crippen LogP contribution in [0.15, 0.2) is 47.5 Å². The summed E-state index contributed by atoms with van der Waals surface area (Å²) >= 11 is 0. The topological polar surface area (TPSA) is 85.6 Å². The second kappa shape index (κ2) is 11.1. The van der Waals surface area contributed by atoms with E-state index in [0.29, 0.717) is 25.6 Å².